The van der Waals surface area contributed by atoms with Gasteiger partial charge in [0.2, 0.25) is 0 Å². The van der Waals surface area contributed by atoms with Crippen LogP contribution in [0.15, 0.2) is 24.3 Å². The van der Waals surface area contributed by atoms with Gasteiger partial charge >= 0.3 is 39.5 Å². The molecule has 1 fully saturated rings. The van der Waals surface area contributed by atoms with Crippen molar-refractivity contribution < 1.29 is 80.2 Å². The molecule has 0 aromatic rings. The molecule has 0 aliphatic heterocycles. The third-order valence-electron chi connectivity index (χ3n) is 17.4. The van der Waals surface area contributed by atoms with Gasteiger partial charge in [0, 0.05) is 25.7 Å². The van der Waals surface area contributed by atoms with E-state index < -0.39 is 97.5 Å². The summed E-state index contributed by atoms with van der Waals surface area (Å²) in [7, 11) is -9.92. The number of rotatable bonds is 71. The second-order valence-corrected chi connectivity index (χ2v) is 29.4. The molecule has 1 rings (SSSR count). The number of hydrogen-bond acceptors (Lipinski definition) is 15. The molecule has 1 saturated carbocycles. The third kappa shape index (κ3) is 60.5. The van der Waals surface area contributed by atoms with Crippen LogP contribution in [0.1, 0.15) is 355 Å². The summed E-state index contributed by atoms with van der Waals surface area (Å²) in [6.07, 6.45) is 57.9. The van der Waals surface area contributed by atoms with Gasteiger partial charge in [-0.3, -0.25) is 37.3 Å². The van der Waals surface area contributed by atoms with E-state index in [2.05, 4.69) is 52.0 Å². The fourth-order valence-corrected chi connectivity index (χ4v) is 13.0. The summed E-state index contributed by atoms with van der Waals surface area (Å²) < 4.78 is 68.5. The highest BCUT2D eigenvalue weighted by Gasteiger charge is 2.35. The second-order valence-electron chi connectivity index (χ2n) is 26.5. The largest absolute Gasteiger partial charge is 0.472 e. The van der Waals surface area contributed by atoms with Crippen molar-refractivity contribution in [2.75, 3.05) is 39.6 Å². The van der Waals surface area contributed by atoms with Crippen LogP contribution in [0.4, 0.5) is 0 Å². The molecule has 1 aliphatic carbocycles. The molecule has 19 heteroatoms. The Balaban J connectivity index is 2.72. The van der Waals surface area contributed by atoms with Crippen molar-refractivity contribution >= 4 is 39.5 Å². The summed E-state index contributed by atoms with van der Waals surface area (Å²) in [5.41, 5.74) is 0. The summed E-state index contributed by atoms with van der Waals surface area (Å²) in [6.45, 7) is 4.92. The van der Waals surface area contributed by atoms with Crippen molar-refractivity contribution in [2.24, 2.45) is 11.8 Å². The van der Waals surface area contributed by atoms with Gasteiger partial charge in [-0.25, -0.2) is 9.13 Å². The molecule has 0 bridgehead atoms. The Labute approximate surface area is 566 Å². The molecule has 0 aromatic heterocycles. The Morgan fingerprint density at radius 1 is 0.344 bits per heavy atom. The van der Waals surface area contributed by atoms with Crippen LogP contribution in [0, 0.1) is 11.8 Å². The number of phosphoric ester groups is 2. The lowest BCUT2D eigenvalue weighted by Crippen LogP contribution is -2.30. The minimum atomic E-state index is -4.96. The van der Waals surface area contributed by atoms with Gasteiger partial charge in [0.1, 0.15) is 19.3 Å². The number of hydrogen-bond donors (Lipinski definition) is 3. The maximum absolute atomic E-state index is 13.1. The average molecular weight is 1360 g/mol. The zero-order valence-corrected chi connectivity index (χ0v) is 61.2. The third-order valence-corrected chi connectivity index (χ3v) is 19.3. The number of allylic oxidation sites excluding steroid dienone is 4. The van der Waals surface area contributed by atoms with Crippen molar-refractivity contribution in [3.05, 3.63) is 24.3 Å². The van der Waals surface area contributed by atoms with Crippen molar-refractivity contribution in [3.8, 4) is 0 Å². The highest BCUT2D eigenvalue weighted by Crippen LogP contribution is 2.47. The molecule has 3 N–H and O–H groups in total. The SMILES string of the molecule is CCCCCC/C=C\CCCCCCCC(=O)OCC(COP(=O)(O)OCC(O)COP(=O)(O)OCC(COC(=O)CCCCCCCCCCCCCCC)OC(=O)CCCCCCCC1CC1CCCCCC)OC(=O)CCCCCCC/C=C\CCCCCC. The molecule has 0 heterocycles. The first-order valence-electron chi connectivity index (χ1n) is 38.0. The molecule has 7 unspecified atom stereocenters. The molecule has 17 nitrogen and oxygen atoms in total. The molecule has 0 spiro atoms. The molecule has 0 saturated heterocycles. The van der Waals surface area contributed by atoms with E-state index >= 15 is 0 Å². The van der Waals surface area contributed by atoms with E-state index in [9.17, 15) is 43.2 Å². The number of aliphatic hydroxyl groups is 1. The zero-order chi connectivity index (χ0) is 68.0. The van der Waals surface area contributed by atoms with E-state index in [0.29, 0.717) is 25.7 Å². The number of esters is 4. The summed E-state index contributed by atoms with van der Waals surface area (Å²) in [5.74, 6) is -0.362. The molecular weight excluding hydrogens is 1220 g/mol. The zero-order valence-electron chi connectivity index (χ0n) is 59.5. The highest BCUT2D eigenvalue weighted by molar-refractivity contribution is 7.47. The summed E-state index contributed by atoms with van der Waals surface area (Å²) in [5, 5.41) is 10.6. The normalized spacial score (nSPS) is 16.3. The Hall–Kier alpha value is -2.46. The number of carbonyl (C=O) groups excluding carboxylic acids is 4. The lowest BCUT2D eigenvalue weighted by molar-refractivity contribution is -0.161. The molecule has 546 valence electrons. The molecule has 0 amide bonds. The minimum Gasteiger partial charge on any atom is -0.462 e. The first kappa shape index (κ1) is 88.6. The second kappa shape index (κ2) is 63.0. The van der Waals surface area contributed by atoms with E-state index in [4.69, 9.17) is 37.0 Å². The lowest BCUT2D eigenvalue weighted by Gasteiger charge is -2.21. The summed E-state index contributed by atoms with van der Waals surface area (Å²) in [4.78, 5) is 72.8. The van der Waals surface area contributed by atoms with Crippen molar-refractivity contribution in [2.45, 2.75) is 373 Å². The van der Waals surface area contributed by atoms with Gasteiger partial charge in [0.25, 0.3) is 0 Å². The molecule has 7 atom stereocenters. The fraction of sp³-hybridized carbons (Fsp3) is 0.892. The van der Waals surface area contributed by atoms with Gasteiger partial charge in [-0.2, -0.15) is 0 Å². The first-order chi connectivity index (χ1) is 45.1. The Morgan fingerprint density at radius 2 is 0.591 bits per heavy atom. The quantitative estimate of drug-likeness (QED) is 0.0169. The average Bonchev–Trinajstić information content (AvgIpc) is 1.78. The number of aliphatic hydroxyl groups excluding tert-OH is 1. The van der Waals surface area contributed by atoms with Crippen LogP contribution >= 0.6 is 15.6 Å². The van der Waals surface area contributed by atoms with E-state index in [0.717, 1.165) is 127 Å². The van der Waals surface area contributed by atoms with Crippen molar-refractivity contribution in [3.63, 3.8) is 0 Å². The predicted molar refractivity (Wildman–Crippen MR) is 375 cm³/mol. The van der Waals surface area contributed by atoms with E-state index in [1.54, 1.807) is 0 Å². The topological polar surface area (TPSA) is 237 Å². The van der Waals surface area contributed by atoms with Gasteiger partial charge in [0.15, 0.2) is 12.2 Å². The highest BCUT2D eigenvalue weighted by atomic mass is 31.2. The predicted octanol–water partition coefficient (Wildman–Crippen LogP) is 20.9. The minimum absolute atomic E-state index is 0.0909. The van der Waals surface area contributed by atoms with E-state index in [1.807, 2.05) is 0 Å². The van der Waals surface area contributed by atoms with E-state index in [-0.39, 0.29) is 25.7 Å². The molecule has 1 aliphatic rings. The standard InChI is InChI=1S/C74H138O17P2/c1-5-9-13-17-20-23-26-29-32-35-38-43-49-55-71(76)84-62-69(90-73(78)57-51-45-40-37-34-31-28-25-22-19-15-11-7-3)64-88-92(80,81)86-60-68(75)61-87-93(82,83)89-65-70(63-85-72(77)56-50-44-39-36-33-30-27-24-21-18-14-10-6-2)91-74(79)58-52-46-41-42-48-54-67-59-66(67)53-47-16-12-8-4/h23,25-26,28,66-70,75H,5-22,24,27,29-65H2,1-4H3,(H,80,81)(H,82,83)/b26-23-,28-25-. The number of unbranched alkanes of at least 4 members (excludes halogenated alkanes) is 37. The molecule has 93 heavy (non-hydrogen) atoms. The van der Waals surface area contributed by atoms with Crippen LogP contribution < -0.4 is 0 Å². The van der Waals surface area contributed by atoms with Crippen LogP contribution in [0.2, 0.25) is 0 Å². The Kier molecular flexibility index (Phi) is 60.0. The molecule has 0 radical (unpaired) electrons. The number of phosphoric acid groups is 2. The Morgan fingerprint density at radius 3 is 0.914 bits per heavy atom. The van der Waals surface area contributed by atoms with Crippen LogP contribution in [-0.2, 0) is 65.4 Å². The van der Waals surface area contributed by atoms with Crippen LogP contribution in [0.25, 0.3) is 0 Å². The van der Waals surface area contributed by atoms with Gasteiger partial charge in [0.05, 0.1) is 26.4 Å². The summed E-state index contributed by atoms with van der Waals surface area (Å²) in [6, 6.07) is 0. The smallest absolute Gasteiger partial charge is 0.462 e. The van der Waals surface area contributed by atoms with Gasteiger partial charge in [-0.1, -0.05) is 270 Å². The maximum Gasteiger partial charge on any atom is 0.472 e. The maximum atomic E-state index is 13.1. The first-order valence-corrected chi connectivity index (χ1v) is 41.0. The van der Waals surface area contributed by atoms with Gasteiger partial charge < -0.3 is 33.8 Å². The molecule has 0 aromatic carbocycles. The van der Waals surface area contributed by atoms with Gasteiger partial charge in [-0.05, 0) is 95.3 Å². The number of ether oxygens (including phenoxy) is 4. The number of carbonyl (C=O) groups is 4. The van der Waals surface area contributed by atoms with Crippen molar-refractivity contribution in [1.29, 1.82) is 0 Å². The van der Waals surface area contributed by atoms with Crippen LogP contribution in [0.3, 0.4) is 0 Å². The Bertz CT molecular complexity index is 1930. The van der Waals surface area contributed by atoms with Crippen LogP contribution in [0.5, 0.6) is 0 Å². The van der Waals surface area contributed by atoms with Crippen LogP contribution in [-0.4, -0.2) is 96.7 Å². The van der Waals surface area contributed by atoms with Gasteiger partial charge in [-0.15, -0.1) is 0 Å². The van der Waals surface area contributed by atoms with Crippen molar-refractivity contribution in [1.82, 2.24) is 0 Å². The lowest BCUT2D eigenvalue weighted by atomic mass is 10.0. The fourth-order valence-electron chi connectivity index (χ4n) is 11.4. The van der Waals surface area contributed by atoms with E-state index in [1.165, 1.54) is 161 Å². The monoisotopic (exact) mass is 1360 g/mol. The summed E-state index contributed by atoms with van der Waals surface area (Å²) >= 11 is 0. The molecular formula is C74H138O17P2.